The monoisotopic (exact) mass is 226 g/mol. The van der Waals surface area contributed by atoms with Gasteiger partial charge in [0.15, 0.2) is 0 Å². The first-order valence-electron chi connectivity index (χ1n) is 3.90. The molecule has 0 aliphatic heterocycles. The van der Waals surface area contributed by atoms with Crippen LogP contribution >= 0.6 is 24.0 Å². The number of thioether (sulfide) groups is 1. The summed E-state index contributed by atoms with van der Waals surface area (Å²) in [5.41, 5.74) is -0.731. The maximum Gasteiger partial charge on any atom is 0.222 e. The molecule has 0 aromatic rings. The Morgan fingerprint density at radius 3 is 2.85 bits per heavy atom. The number of ether oxygens (including phenoxy) is 2. The first-order chi connectivity index (χ1) is 6.20. The van der Waals surface area contributed by atoms with Crippen molar-refractivity contribution in [3.8, 4) is 0 Å². The number of hydrogen-bond acceptors (Lipinski definition) is 6. The van der Waals surface area contributed by atoms with Gasteiger partial charge in [-0.2, -0.15) is 0 Å². The molecule has 0 aromatic carbocycles. The lowest BCUT2D eigenvalue weighted by molar-refractivity contribution is 0.0541. The van der Waals surface area contributed by atoms with Crippen molar-refractivity contribution >= 4 is 28.4 Å². The zero-order chi connectivity index (χ0) is 10.1. The predicted molar refractivity (Wildman–Crippen MR) is 55.7 cm³/mol. The molecule has 1 atom stereocenters. The van der Waals surface area contributed by atoms with E-state index in [0.717, 1.165) is 11.8 Å². The normalized spacial score (nSPS) is 12.5. The minimum atomic E-state index is -0.731. The van der Waals surface area contributed by atoms with Crippen molar-refractivity contribution in [1.82, 2.24) is 0 Å². The van der Waals surface area contributed by atoms with E-state index in [1.54, 1.807) is 0 Å². The van der Waals surface area contributed by atoms with Gasteiger partial charge in [0.1, 0.15) is 5.44 Å². The van der Waals surface area contributed by atoms with Crippen LogP contribution in [0.3, 0.4) is 0 Å². The van der Waals surface area contributed by atoms with Crippen LogP contribution in [0.4, 0.5) is 0 Å². The molecule has 0 rings (SSSR count). The van der Waals surface area contributed by atoms with Gasteiger partial charge in [0.25, 0.3) is 0 Å². The fourth-order valence-electron chi connectivity index (χ4n) is 0.546. The first kappa shape index (κ1) is 13.1. The van der Waals surface area contributed by atoms with E-state index in [2.05, 4.69) is 0 Å². The Balaban J connectivity index is 3.38. The molecule has 0 radical (unpaired) electrons. The van der Waals surface area contributed by atoms with Crippen molar-refractivity contribution in [1.29, 1.82) is 0 Å². The molecule has 0 fully saturated rings. The molecule has 4 nitrogen and oxygen atoms in total. The highest BCUT2D eigenvalue weighted by Gasteiger charge is 2.08. The lowest BCUT2D eigenvalue weighted by Gasteiger charge is -2.10. The third-order valence-corrected chi connectivity index (χ3v) is 2.12. The summed E-state index contributed by atoms with van der Waals surface area (Å²) >= 11 is 5.82. The van der Waals surface area contributed by atoms with Gasteiger partial charge in [-0.25, -0.2) is 0 Å². The van der Waals surface area contributed by atoms with Crippen molar-refractivity contribution in [3.05, 3.63) is 0 Å². The van der Waals surface area contributed by atoms with Crippen molar-refractivity contribution in [2.24, 2.45) is 0 Å². The highest BCUT2D eigenvalue weighted by atomic mass is 32.2. The van der Waals surface area contributed by atoms with Crippen LogP contribution in [0, 0.1) is 0 Å². The summed E-state index contributed by atoms with van der Waals surface area (Å²) in [5.74, 6) is 0. The molecule has 13 heavy (non-hydrogen) atoms. The quantitative estimate of drug-likeness (QED) is 0.388. The lowest BCUT2D eigenvalue weighted by atomic mass is 10.7. The van der Waals surface area contributed by atoms with E-state index in [-0.39, 0.29) is 19.8 Å². The number of rotatable bonds is 6. The van der Waals surface area contributed by atoms with Crippen LogP contribution in [-0.2, 0) is 9.47 Å². The molecule has 0 aliphatic carbocycles. The van der Waals surface area contributed by atoms with Crippen molar-refractivity contribution in [3.63, 3.8) is 0 Å². The topological polar surface area (TPSA) is 58.9 Å². The largest absolute Gasteiger partial charge is 0.479 e. The van der Waals surface area contributed by atoms with Gasteiger partial charge in [0, 0.05) is 0 Å². The highest BCUT2D eigenvalue weighted by molar-refractivity contribution is 8.22. The molecule has 0 amide bonds. The molecular formula is C7H14O4S2. The predicted octanol–water partition coefficient (Wildman–Crippen LogP) is 0.368. The van der Waals surface area contributed by atoms with E-state index in [9.17, 15) is 5.11 Å². The fraction of sp³-hybridized carbons (Fsp3) is 0.857. The zero-order valence-electron chi connectivity index (χ0n) is 7.43. The van der Waals surface area contributed by atoms with E-state index < -0.39 is 5.44 Å². The van der Waals surface area contributed by atoms with Gasteiger partial charge in [-0.15, -0.1) is 0 Å². The summed E-state index contributed by atoms with van der Waals surface area (Å²) in [7, 11) is 0. The second-order valence-electron chi connectivity index (χ2n) is 2.05. The summed E-state index contributed by atoms with van der Waals surface area (Å²) < 4.78 is 10.1. The van der Waals surface area contributed by atoms with Gasteiger partial charge in [0.05, 0.1) is 26.4 Å². The second-order valence-corrected chi connectivity index (χ2v) is 3.83. The number of aliphatic hydroxyl groups is 2. The molecule has 0 saturated carbocycles. The van der Waals surface area contributed by atoms with E-state index in [0.29, 0.717) is 11.0 Å². The van der Waals surface area contributed by atoms with E-state index in [1.165, 1.54) is 0 Å². The summed E-state index contributed by atoms with van der Waals surface area (Å²) in [6.45, 7) is 2.63. The van der Waals surface area contributed by atoms with Crippen LogP contribution in [0.2, 0.25) is 0 Å². The van der Waals surface area contributed by atoms with Crippen LogP contribution < -0.4 is 0 Å². The molecule has 1 unspecified atom stereocenters. The standard InChI is InChI=1S/C7H14O4S2/c1-2-11-7(12)13-6(9)5-10-4-3-8/h6,8-9H,2-5H2,1H3. The Hall–Kier alpha value is 0.120. The number of thiocarbonyl (C=S) groups is 1. The van der Waals surface area contributed by atoms with Crippen LogP contribution in [0.1, 0.15) is 6.92 Å². The maximum atomic E-state index is 9.26. The summed E-state index contributed by atoms with van der Waals surface area (Å²) in [5, 5.41) is 17.6. The van der Waals surface area contributed by atoms with Crippen LogP contribution in [0.5, 0.6) is 0 Å². The van der Waals surface area contributed by atoms with Crippen molar-refractivity contribution < 1.29 is 19.7 Å². The van der Waals surface area contributed by atoms with Crippen molar-refractivity contribution in [2.45, 2.75) is 12.4 Å². The average molecular weight is 226 g/mol. The van der Waals surface area contributed by atoms with Crippen LogP contribution in [0.15, 0.2) is 0 Å². The van der Waals surface area contributed by atoms with Crippen LogP contribution in [-0.4, -0.2) is 46.5 Å². The number of hydrogen-bond donors (Lipinski definition) is 2. The molecular weight excluding hydrogens is 212 g/mol. The Kier molecular flexibility index (Phi) is 8.79. The number of aliphatic hydroxyl groups excluding tert-OH is 2. The Morgan fingerprint density at radius 1 is 1.62 bits per heavy atom. The fourth-order valence-corrected chi connectivity index (χ4v) is 1.57. The molecule has 0 saturated heterocycles. The molecule has 6 heteroatoms. The molecule has 0 spiro atoms. The molecule has 2 N–H and O–H groups in total. The second kappa shape index (κ2) is 8.71. The Labute approximate surface area is 87.2 Å². The Morgan fingerprint density at radius 2 is 2.31 bits per heavy atom. The summed E-state index contributed by atoms with van der Waals surface area (Å²) in [4.78, 5) is 0. The molecule has 0 heterocycles. The minimum Gasteiger partial charge on any atom is -0.479 e. The molecule has 78 valence electrons. The maximum absolute atomic E-state index is 9.26. The summed E-state index contributed by atoms with van der Waals surface area (Å²) in [6, 6.07) is 0. The molecule has 0 aliphatic rings. The highest BCUT2D eigenvalue weighted by Crippen LogP contribution is 2.12. The van der Waals surface area contributed by atoms with Gasteiger partial charge in [0.2, 0.25) is 4.38 Å². The SMILES string of the molecule is CCOC(=S)SC(O)COCCO. The first-order valence-corrected chi connectivity index (χ1v) is 5.19. The van der Waals surface area contributed by atoms with E-state index >= 15 is 0 Å². The van der Waals surface area contributed by atoms with Gasteiger partial charge in [-0.1, -0.05) is 0 Å². The molecule has 0 bridgehead atoms. The van der Waals surface area contributed by atoms with Crippen molar-refractivity contribution in [2.75, 3.05) is 26.4 Å². The Bertz CT molecular complexity index is 142. The van der Waals surface area contributed by atoms with Crippen LogP contribution in [0.25, 0.3) is 0 Å². The average Bonchev–Trinajstić information content (AvgIpc) is 2.05. The zero-order valence-corrected chi connectivity index (χ0v) is 9.07. The molecule has 0 aromatic heterocycles. The minimum absolute atomic E-state index is 0.0483. The van der Waals surface area contributed by atoms with E-state index in [1.807, 2.05) is 6.92 Å². The van der Waals surface area contributed by atoms with E-state index in [4.69, 9.17) is 26.8 Å². The van der Waals surface area contributed by atoms with Gasteiger partial charge >= 0.3 is 0 Å². The third kappa shape index (κ3) is 8.45. The van der Waals surface area contributed by atoms with Gasteiger partial charge in [-0.3, -0.25) is 0 Å². The smallest absolute Gasteiger partial charge is 0.222 e. The van der Waals surface area contributed by atoms with Gasteiger partial charge < -0.3 is 19.7 Å². The third-order valence-electron chi connectivity index (χ3n) is 0.991. The lowest BCUT2D eigenvalue weighted by Crippen LogP contribution is -2.15. The van der Waals surface area contributed by atoms with Gasteiger partial charge in [-0.05, 0) is 30.9 Å². The summed E-state index contributed by atoms with van der Waals surface area (Å²) in [6.07, 6.45) is 0.